The Morgan fingerprint density at radius 2 is 1.93 bits per heavy atom. The second kappa shape index (κ2) is 13.5. The summed E-state index contributed by atoms with van der Waals surface area (Å²) in [7, 11) is -0.469. The summed E-state index contributed by atoms with van der Waals surface area (Å²) in [5.41, 5.74) is 8.51. The van der Waals surface area contributed by atoms with Crippen molar-refractivity contribution >= 4 is 19.0 Å². The molecule has 3 saturated carbocycles. The van der Waals surface area contributed by atoms with Crippen LogP contribution in [0.4, 0.5) is 0 Å². The second-order valence-electron chi connectivity index (χ2n) is 13.1. The van der Waals surface area contributed by atoms with Gasteiger partial charge in [-0.1, -0.05) is 70.9 Å². The van der Waals surface area contributed by atoms with Crippen LogP contribution in [0.25, 0.3) is 0 Å². The Bertz CT molecular complexity index is 1070. The van der Waals surface area contributed by atoms with E-state index in [2.05, 4.69) is 57.1 Å². The maximum absolute atomic E-state index is 13.8. The van der Waals surface area contributed by atoms with Gasteiger partial charge in [-0.05, 0) is 80.6 Å². The first-order chi connectivity index (χ1) is 18.9. The molecule has 6 atom stereocenters. The number of carbonyl (C=O) groups excluding carboxylic acids is 1. The molecule has 4 fully saturated rings. The predicted octanol–water partition coefficient (Wildman–Crippen LogP) is 4.55. The zero-order valence-electron chi connectivity index (χ0n) is 24.6. The van der Waals surface area contributed by atoms with Crippen LogP contribution in [0.2, 0.25) is 0 Å². The number of hydrogen-bond donors (Lipinski definition) is 3. The Labute approximate surface area is 245 Å². The number of nitrogens with two attached hydrogens (primary N) is 1. The van der Waals surface area contributed by atoms with Crippen molar-refractivity contribution in [3.63, 3.8) is 0 Å². The number of nitrogens with zero attached hydrogens (tertiary/aromatic N) is 2. The molecule has 4 N–H and O–H groups in total. The molecule has 10 nitrogen and oxygen atoms in total. The van der Waals surface area contributed by atoms with E-state index in [1.54, 1.807) is 0 Å². The van der Waals surface area contributed by atoms with E-state index in [0.29, 0.717) is 43.6 Å². The third kappa shape index (κ3) is 7.60. The average Bonchev–Trinajstić information content (AvgIpc) is 3.25. The topological polar surface area (TPSA) is 141 Å². The standard InChI is InChI=1S/C29H46BN5O5.CH4/c1-19(2)16-25(30-39-24-18-22-17-23(28(22,3)4)29(24,5)40-30)33-26(36)21(14-13-20-10-7-6-8-11-20)12-9-15-32-27(31)34-35(37)38;/h6-8,10-11,19,21-25H,9,12-18H2,1-5H3,(H,33,36)(H3,31,32,34);1H4/t21-,22+,23+,24-,25+,29+;/m1./s1. The number of rotatable bonds is 13. The monoisotopic (exact) mass is 571 g/mol. The maximum Gasteiger partial charge on any atom is 0.481 e. The number of nitrogens with one attached hydrogen (secondary N) is 2. The zero-order chi connectivity index (χ0) is 29.1. The SMILES string of the molecule is C.CC(C)C[C@H](NC(=O)[C@H](CCCN=C(N)N[N+](=O)[O-])CCc1ccccc1)B1O[C@@H]2C[C@@H]3C[C@@H](C3(C)C)[C@]2(C)O1. The molecule has 5 rings (SSSR count). The maximum atomic E-state index is 13.8. The van der Waals surface area contributed by atoms with Crippen LogP contribution in [0.15, 0.2) is 35.3 Å². The Balaban J connectivity index is 0.00000462. The summed E-state index contributed by atoms with van der Waals surface area (Å²) in [6.07, 6.45) is 5.64. The molecule has 3 aliphatic carbocycles. The summed E-state index contributed by atoms with van der Waals surface area (Å²) in [6.45, 7) is 11.5. The van der Waals surface area contributed by atoms with Crippen molar-refractivity contribution in [2.24, 2.45) is 39.8 Å². The van der Waals surface area contributed by atoms with Crippen LogP contribution in [-0.4, -0.2) is 48.2 Å². The molecule has 0 aromatic heterocycles. The van der Waals surface area contributed by atoms with Gasteiger partial charge in [-0.2, -0.15) is 0 Å². The first kappa shape index (κ1) is 32.9. The van der Waals surface area contributed by atoms with Crippen LogP contribution in [0.1, 0.15) is 86.1 Å². The molecule has 0 radical (unpaired) electrons. The van der Waals surface area contributed by atoms with Gasteiger partial charge in [0.15, 0.2) is 5.03 Å². The highest BCUT2D eigenvalue weighted by atomic mass is 16.7. The number of carbonyl (C=O) groups is 1. The van der Waals surface area contributed by atoms with Crippen molar-refractivity contribution in [3.05, 3.63) is 46.0 Å². The van der Waals surface area contributed by atoms with Gasteiger partial charge in [0, 0.05) is 12.5 Å². The molecule has 1 aromatic rings. The van der Waals surface area contributed by atoms with E-state index >= 15 is 0 Å². The van der Waals surface area contributed by atoms with Crippen LogP contribution >= 0.6 is 0 Å². The molecule has 1 aromatic carbocycles. The Morgan fingerprint density at radius 1 is 1.22 bits per heavy atom. The van der Waals surface area contributed by atoms with Crippen molar-refractivity contribution < 1.29 is 19.1 Å². The van der Waals surface area contributed by atoms with Crippen LogP contribution in [0, 0.1) is 39.2 Å². The fourth-order valence-electron chi connectivity index (χ4n) is 7.18. The van der Waals surface area contributed by atoms with Gasteiger partial charge in [-0.15, -0.1) is 0 Å². The Hall–Kier alpha value is -2.66. The van der Waals surface area contributed by atoms with E-state index in [4.69, 9.17) is 15.0 Å². The van der Waals surface area contributed by atoms with Crippen molar-refractivity contribution in [1.82, 2.24) is 10.7 Å². The van der Waals surface area contributed by atoms with E-state index in [1.165, 1.54) is 12.0 Å². The molecule has 41 heavy (non-hydrogen) atoms. The normalized spacial score (nSPS) is 27.7. The third-order valence-corrected chi connectivity index (χ3v) is 9.54. The number of aliphatic imine (C=N–C) groups is 1. The van der Waals surface area contributed by atoms with Crippen molar-refractivity contribution in [2.75, 3.05) is 6.54 Å². The van der Waals surface area contributed by atoms with Gasteiger partial charge < -0.3 is 20.4 Å². The fraction of sp³-hybridized carbons (Fsp3) is 0.733. The second-order valence-corrected chi connectivity index (χ2v) is 13.1. The van der Waals surface area contributed by atoms with E-state index < -0.39 is 12.2 Å². The Morgan fingerprint density at radius 3 is 2.56 bits per heavy atom. The fourth-order valence-corrected chi connectivity index (χ4v) is 7.18. The number of guanidine groups is 1. The molecule has 2 bridgehead atoms. The lowest BCUT2D eigenvalue weighted by atomic mass is 9.43. The summed E-state index contributed by atoms with van der Waals surface area (Å²) in [5.74, 6) is 0.731. The summed E-state index contributed by atoms with van der Waals surface area (Å²) in [5, 5.41) is 13.2. The van der Waals surface area contributed by atoms with E-state index in [0.717, 1.165) is 19.3 Å². The van der Waals surface area contributed by atoms with Crippen LogP contribution in [0.3, 0.4) is 0 Å². The number of nitro groups is 1. The molecular weight excluding hydrogens is 521 g/mol. The molecule has 0 unspecified atom stereocenters. The predicted molar refractivity (Wildman–Crippen MR) is 162 cm³/mol. The lowest BCUT2D eigenvalue weighted by molar-refractivity contribution is -0.525. The highest BCUT2D eigenvalue weighted by Gasteiger charge is 2.68. The largest absolute Gasteiger partial charge is 0.481 e. The number of amides is 1. The molecular formula is C30H50BN5O5. The number of hydrazine groups is 1. The van der Waals surface area contributed by atoms with Crippen LogP contribution in [-0.2, 0) is 20.5 Å². The first-order valence-corrected chi connectivity index (χ1v) is 14.8. The zero-order valence-corrected chi connectivity index (χ0v) is 24.6. The number of benzene rings is 1. The Kier molecular flexibility index (Phi) is 10.9. The molecule has 228 valence electrons. The lowest BCUT2D eigenvalue weighted by Crippen LogP contribution is -2.65. The van der Waals surface area contributed by atoms with E-state index in [1.807, 2.05) is 23.6 Å². The summed E-state index contributed by atoms with van der Waals surface area (Å²) >= 11 is 0. The first-order valence-electron chi connectivity index (χ1n) is 14.8. The van der Waals surface area contributed by atoms with E-state index in [-0.39, 0.29) is 48.3 Å². The highest BCUT2D eigenvalue weighted by molar-refractivity contribution is 6.47. The molecule has 1 amide bonds. The quantitative estimate of drug-likeness (QED) is 0.0788. The summed E-state index contributed by atoms with van der Waals surface area (Å²) < 4.78 is 13.3. The summed E-state index contributed by atoms with van der Waals surface area (Å²) in [4.78, 5) is 28.4. The van der Waals surface area contributed by atoms with Gasteiger partial charge in [-0.3, -0.25) is 4.79 Å². The minimum atomic E-state index is -0.738. The number of hydrogen-bond acceptors (Lipinski definition) is 6. The van der Waals surface area contributed by atoms with Gasteiger partial charge in [0.2, 0.25) is 5.91 Å². The van der Waals surface area contributed by atoms with Gasteiger partial charge >= 0.3 is 7.12 Å². The van der Waals surface area contributed by atoms with Crippen molar-refractivity contribution in [3.8, 4) is 0 Å². The van der Waals surface area contributed by atoms with Crippen molar-refractivity contribution in [2.45, 2.75) is 105 Å². The average molecular weight is 572 g/mol. The molecule has 4 aliphatic rings. The number of aryl methyl sites for hydroxylation is 1. The molecule has 1 aliphatic heterocycles. The molecule has 1 heterocycles. The van der Waals surface area contributed by atoms with Gasteiger partial charge in [0.1, 0.15) is 0 Å². The smallest absolute Gasteiger partial charge is 0.404 e. The minimum absolute atomic E-state index is 0. The molecule has 1 saturated heterocycles. The lowest BCUT2D eigenvalue weighted by Gasteiger charge is -2.64. The molecule has 11 heteroatoms. The van der Waals surface area contributed by atoms with Gasteiger partial charge in [0.05, 0.1) is 17.6 Å². The highest BCUT2D eigenvalue weighted by Crippen LogP contribution is 2.65. The minimum Gasteiger partial charge on any atom is -0.404 e. The van der Waals surface area contributed by atoms with Crippen LogP contribution in [0.5, 0.6) is 0 Å². The third-order valence-electron chi connectivity index (χ3n) is 9.54. The van der Waals surface area contributed by atoms with Gasteiger partial charge in [-0.25, -0.2) is 15.1 Å². The van der Waals surface area contributed by atoms with Crippen molar-refractivity contribution in [1.29, 1.82) is 0 Å². The van der Waals surface area contributed by atoms with E-state index in [9.17, 15) is 14.9 Å². The summed E-state index contributed by atoms with van der Waals surface area (Å²) in [6, 6.07) is 10.1. The molecule has 0 spiro atoms. The van der Waals surface area contributed by atoms with Gasteiger partial charge in [0.25, 0.3) is 5.96 Å². The van der Waals surface area contributed by atoms with Crippen LogP contribution < -0.4 is 16.5 Å².